The molecule has 2 aromatic rings. The van der Waals surface area contributed by atoms with Gasteiger partial charge in [-0.15, -0.1) is 5.10 Å². The lowest BCUT2D eigenvalue weighted by molar-refractivity contribution is 0.449. The van der Waals surface area contributed by atoms with Gasteiger partial charge in [0.2, 0.25) is 5.88 Å². The molecule has 0 aliphatic rings. The molecule has 6 heteroatoms. The number of nitrogens with one attached hydrogen (secondary N) is 1. The third-order valence-electron chi connectivity index (χ3n) is 3.04. The Hall–Kier alpha value is -1.95. The molecule has 0 atom stereocenters. The number of benzene rings is 1. The summed E-state index contributed by atoms with van der Waals surface area (Å²) in [6.07, 6.45) is 0. The standard InChI is InChI=1S/C14H15BrN4O/c1-7-6-10(15)4-5-11(7)20-14-12(13(16)17)8(2)9(3)18-19-14/h4-6H,1-3H3,(H3,16,17). The molecule has 20 heavy (non-hydrogen) atoms. The van der Waals surface area contributed by atoms with Crippen molar-refractivity contribution < 1.29 is 4.74 Å². The number of nitrogens with zero attached hydrogens (tertiary/aromatic N) is 2. The summed E-state index contributed by atoms with van der Waals surface area (Å²) >= 11 is 3.40. The van der Waals surface area contributed by atoms with E-state index < -0.39 is 0 Å². The second-order valence-corrected chi connectivity index (χ2v) is 5.43. The summed E-state index contributed by atoms with van der Waals surface area (Å²) in [5.41, 5.74) is 8.60. The van der Waals surface area contributed by atoms with Gasteiger partial charge in [0, 0.05) is 4.47 Å². The van der Waals surface area contributed by atoms with Gasteiger partial charge in [-0.25, -0.2) is 0 Å². The summed E-state index contributed by atoms with van der Waals surface area (Å²) in [5, 5.41) is 15.7. The SMILES string of the molecule is Cc1cc(Br)ccc1Oc1nnc(C)c(C)c1C(=N)N. The molecule has 1 heterocycles. The van der Waals surface area contributed by atoms with Crippen molar-refractivity contribution >= 4 is 21.8 Å². The summed E-state index contributed by atoms with van der Waals surface area (Å²) < 4.78 is 6.75. The van der Waals surface area contributed by atoms with E-state index in [-0.39, 0.29) is 11.7 Å². The van der Waals surface area contributed by atoms with Gasteiger partial charge in [0.05, 0.1) is 11.3 Å². The topological polar surface area (TPSA) is 84.9 Å². The monoisotopic (exact) mass is 334 g/mol. The second kappa shape index (κ2) is 5.58. The lowest BCUT2D eigenvalue weighted by Gasteiger charge is -2.13. The Labute approximate surface area is 125 Å². The van der Waals surface area contributed by atoms with E-state index in [2.05, 4.69) is 26.1 Å². The molecule has 0 aliphatic carbocycles. The molecule has 0 amide bonds. The average molecular weight is 335 g/mol. The normalized spacial score (nSPS) is 10.4. The Morgan fingerprint density at radius 3 is 2.55 bits per heavy atom. The van der Waals surface area contributed by atoms with Crippen LogP contribution in [0.15, 0.2) is 22.7 Å². The maximum Gasteiger partial charge on any atom is 0.250 e. The Balaban J connectivity index is 2.48. The lowest BCUT2D eigenvalue weighted by Crippen LogP contribution is -2.16. The smallest absolute Gasteiger partial charge is 0.250 e. The van der Waals surface area contributed by atoms with Crippen LogP contribution in [-0.2, 0) is 0 Å². The number of ether oxygens (including phenoxy) is 1. The Kier molecular flexibility index (Phi) is 4.04. The molecule has 1 aromatic carbocycles. The highest BCUT2D eigenvalue weighted by Gasteiger charge is 2.16. The van der Waals surface area contributed by atoms with Gasteiger partial charge in [0.15, 0.2) is 0 Å². The van der Waals surface area contributed by atoms with E-state index in [0.717, 1.165) is 21.3 Å². The second-order valence-electron chi connectivity index (χ2n) is 4.52. The Morgan fingerprint density at radius 2 is 1.95 bits per heavy atom. The number of amidine groups is 1. The number of hydrogen-bond donors (Lipinski definition) is 2. The van der Waals surface area contributed by atoms with Gasteiger partial charge in [-0.2, -0.15) is 5.10 Å². The van der Waals surface area contributed by atoms with Crippen LogP contribution in [-0.4, -0.2) is 16.0 Å². The van der Waals surface area contributed by atoms with Gasteiger partial charge in [-0.05, 0) is 50.1 Å². The Bertz CT molecular complexity index is 685. The van der Waals surface area contributed by atoms with Crippen molar-refractivity contribution in [2.45, 2.75) is 20.8 Å². The molecule has 5 nitrogen and oxygen atoms in total. The number of aryl methyl sites for hydroxylation is 2. The first-order valence-corrected chi connectivity index (χ1v) is 6.81. The summed E-state index contributed by atoms with van der Waals surface area (Å²) in [6, 6.07) is 5.65. The van der Waals surface area contributed by atoms with E-state index >= 15 is 0 Å². The van der Waals surface area contributed by atoms with Crippen LogP contribution < -0.4 is 10.5 Å². The van der Waals surface area contributed by atoms with Crippen molar-refractivity contribution in [1.29, 1.82) is 5.41 Å². The predicted molar refractivity (Wildman–Crippen MR) is 81.5 cm³/mol. The fourth-order valence-electron chi connectivity index (χ4n) is 1.81. The molecule has 104 valence electrons. The van der Waals surface area contributed by atoms with Gasteiger partial charge in [-0.3, -0.25) is 5.41 Å². The van der Waals surface area contributed by atoms with Crippen LogP contribution in [0.2, 0.25) is 0 Å². The van der Waals surface area contributed by atoms with Gasteiger partial charge in [0.1, 0.15) is 11.6 Å². The predicted octanol–water partition coefficient (Wildman–Crippen LogP) is 3.24. The molecular weight excluding hydrogens is 320 g/mol. The largest absolute Gasteiger partial charge is 0.437 e. The van der Waals surface area contributed by atoms with Crippen LogP contribution in [0.4, 0.5) is 0 Å². The molecule has 1 aromatic heterocycles. The highest BCUT2D eigenvalue weighted by molar-refractivity contribution is 9.10. The molecule has 0 saturated heterocycles. The minimum atomic E-state index is -0.0785. The van der Waals surface area contributed by atoms with Crippen molar-refractivity contribution in [3.8, 4) is 11.6 Å². The molecule has 0 unspecified atom stereocenters. The van der Waals surface area contributed by atoms with E-state index in [1.807, 2.05) is 39.0 Å². The zero-order chi connectivity index (χ0) is 14.9. The highest BCUT2D eigenvalue weighted by Crippen LogP contribution is 2.29. The summed E-state index contributed by atoms with van der Waals surface area (Å²) in [5.74, 6) is 0.838. The van der Waals surface area contributed by atoms with Crippen molar-refractivity contribution in [1.82, 2.24) is 10.2 Å². The van der Waals surface area contributed by atoms with E-state index in [9.17, 15) is 0 Å². The van der Waals surface area contributed by atoms with E-state index in [1.165, 1.54) is 0 Å². The zero-order valence-corrected chi connectivity index (χ0v) is 13.1. The summed E-state index contributed by atoms with van der Waals surface area (Å²) in [7, 11) is 0. The molecule has 0 saturated carbocycles. The summed E-state index contributed by atoms with van der Waals surface area (Å²) in [6.45, 7) is 5.60. The van der Waals surface area contributed by atoms with Gasteiger partial charge in [0.25, 0.3) is 0 Å². The molecule has 0 aliphatic heterocycles. The fraction of sp³-hybridized carbons (Fsp3) is 0.214. The molecule has 0 bridgehead atoms. The van der Waals surface area contributed by atoms with Crippen LogP contribution in [0.25, 0.3) is 0 Å². The maximum atomic E-state index is 7.69. The first-order valence-electron chi connectivity index (χ1n) is 6.02. The average Bonchev–Trinajstić information content (AvgIpc) is 2.36. The Morgan fingerprint density at radius 1 is 1.25 bits per heavy atom. The molecule has 3 N–H and O–H groups in total. The number of aromatic nitrogens is 2. The number of hydrogen-bond acceptors (Lipinski definition) is 4. The van der Waals surface area contributed by atoms with Crippen LogP contribution >= 0.6 is 15.9 Å². The third kappa shape index (κ3) is 2.80. The maximum absolute atomic E-state index is 7.69. The van der Waals surface area contributed by atoms with Crippen LogP contribution in [0.1, 0.15) is 22.4 Å². The first kappa shape index (κ1) is 14.5. The highest BCUT2D eigenvalue weighted by atomic mass is 79.9. The van der Waals surface area contributed by atoms with Crippen molar-refractivity contribution in [2.75, 3.05) is 0 Å². The van der Waals surface area contributed by atoms with Crippen molar-refractivity contribution in [3.05, 3.63) is 45.1 Å². The minimum Gasteiger partial charge on any atom is -0.437 e. The molecule has 0 fully saturated rings. The number of rotatable bonds is 3. The van der Waals surface area contributed by atoms with Gasteiger partial charge in [-0.1, -0.05) is 15.9 Å². The molecule has 0 radical (unpaired) electrons. The first-order chi connectivity index (χ1) is 9.40. The third-order valence-corrected chi connectivity index (χ3v) is 3.53. The van der Waals surface area contributed by atoms with Gasteiger partial charge < -0.3 is 10.5 Å². The lowest BCUT2D eigenvalue weighted by atomic mass is 10.1. The number of halogens is 1. The number of nitrogens with two attached hydrogens (primary N) is 1. The minimum absolute atomic E-state index is 0.0785. The quantitative estimate of drug-likeness (QED) is 0.666. The van der Waals surface area contributed by atoms with Crippen molar-refractivity contribution in [2.24, 2.45) is 5.73 Å². The fourth-order valence-corrected chi connectivity index (χ4v) is 2.28. The van der Waals surface area contributed by atoms with Crippen LogP contribution in [0.3, 0.4) is 0 Å². The zero-order valence-electron chi connectivity index (χ0n) is 11.5. The number of nitrogen functional groups attached to an aromatic ring is 1. The molecular formula is C14H15BrN4O. The molecule has 2 rings (SSSR count). The van der Waals surface area contributed by atoms with E-state index in [1.54, 1.807) is 0 Å². The summed E-state index contributed by atoms with van der Waals surface area (Å²) in [4.78, 5) is 0. The van der Waals surface area contributed by atoms with E-state index in [4.69, 9.17) is 15.9 Å². The van der Waals surface area contributed by atoms with Crippen LogP contribution in [0, 0.1) is 26.2 Å². The molecule has 0 spiro atoms. The van der Waals surface area contributed by atoms with Crippen LogP contribution in [0.5, 0.6) is 11.6 Å². The van der Waals surface area contributed by atoms with Crippen molar-refractivity contribution in [3.63, 3.8) is 0 Å². The van der Waals surface area contributed by atoms with E-state index in [0.29, 0.717) is 11.3 Å². The van der Waals surface area contributed by atoms with Gasteiger partial charge >= 0.3 is 0 Å².